The van der Waals surface area contributed by atoms with E-state index in [4.69, 9.17) is 4.74 Å². The van der Waals surface area contributed by atoms with E-state index in [1.165, 1.54) is 20.1 Å². The molecule has 0 spiro atoms. The van der Waals surface area contributed by atoms with Crippen molar-refractivity contribution in [2.45, 2.75) is 63.6 Å². The second-order valence-corrected chi connectivity index (χ2v) is 9.23. The molecule has 0 saturated heterocycles. The van der Waals surface area contributed by atoms with Gasteiger partial charge in [-0.05, 0) is 37.5 Å². The van der Waals surface area contributed by atoms with Crippen molar-refractivity contribution < 1.29 is 23.0 Å². The molecule has 0 amide bonds. The highest BCUT2D eigenvalue weighted by Gasteiger charge is 2.54. The first kappa shape index (κ1) is 24.7. The predicted octanol–water partition coefficient (Wildman–Crippen LogP) is 6.03. The molecule has 7 heteroatoms. The average Bonchev–Trinajstić information content (AvgIpc) is 3.13. The fraction of sp³-hybridized carbons (Fsp3) is 0.423. The number of rotatable bonds is 8. The van der Waals surface area contributed by atoms with Crippen LogP contribution in [-0.2, 0) is 11.8 Å². The Morgan fingerprint density at radius 2 is 1.79 bits per heavy atom. The summed E-state index contributed by atoms with van der Waals surface area (Å²) in [7, 11) is 1.34. The number of nitrogens with one attached hydrogen (secondary N) is 1. The lowest BCUT2D eigenvalue weighted by atomic mass is 9.70. The summed E-state index contributed by atoms with van der Waals surface area (Å²) in [4.78, 5) is 3.03. The molecular weight excluding hydrogens is 429 g/mol. The monoisotopic (exact) mass is 458 g/mol. The molecule has 33 heavy (non-hydrogen) atoms. The number of ether oxygens (including phenoxy) is 1. The lowest BCUT2D eigenvalue weighted by molar-refractivity contribution is -0.0948. The number of alkyl halides is 3. The normalized spacial score (nSPS) is 16.4. The van der Waals surface area contributed by atoms with Gasteiger partial charge in [-0.15, -0.1) is 0 Å². The minimum absolute atomic E-state index is 0.00358. The summed E-state index contributed by atoms with van der Waals surface area (Å²) in [6.45, 7) is 6.11. The molecule has 0 bridgehead atoms. The van der Waals surface area contributed by atoms with Crippen LogP contribution in [0, 0.1) is 11.3 Å². The van der Waals surface area contributed by atoms with E-state index in [-0.39, 0.29) is 29.2 Å². The Kier molecular flexibility index (Phi) is 6.80. The molecule has 3 rings (SSSR count). The molecule has 0 fully saturated rings. The Balaban J connectivity index is 2.10. The van der Waals surface area contributed by atoms with Crippen molar-refractivity contribution in [1.29, 1.82) is 5.26 Å². The van der Waals surface area contributed by atoms with E-state index in [0.29, 0.717) is 16.6 Å². The number of methoxy groups -OCH3 is 1. The van der Waals surface area contributed by atoms with Gasteiger partial charge < -0.3 is 14.8 Å². The third-order valence-electron chi connectivity index (χ3n) is 6.43. The fourth-order valence-corrected chi connectivity index (χ4v) is 4.42. The molecule has 3 unspecified atom stereocenters. The van der Waals surface area contributed by atoms with E-state index >= 15 is 4.39 Å². The van der Waals surface area contributed by atoms with Crippen LogP contribution in [0.5, 0.6) is 5.75 Å². The van der Waals surface area contributed by atoms with Crippen LogP contribution in [0.25, 0.3) is 10.9 Å². The molecule has 0 aliphatic carbocycles. The molecule has 176 valence electrons. The van der Waals surface area contributed by atoms with Gasteiger partial charge in [0, 0.05) is 28.6 Å². The molecule has 4 nitrogen and oxygen atoms in total. The van der Waals surface area contributed by atoms with Crippen LogP contribution in [0.2, 0.25) is 0 Å². The number of halogens is 3. The topological polar surface area (TPSA) is 69.0 Å². The van der Waals surface area contributed by atoms with Gasteiger partial charge in [-0.3, -0.25) is 0 Å². The molecule has 3 atom stereocenters. The lowest BCUT2D eigenvalue weighted by Gasteiger charge is -2.41. The predicted molar refractivity (Wildman–Crippen MR) is 123 cm³/mol. The van der Waals surface area contributed by atoms with Crippen molar-refractivity contribution in [2.75, 3.05) is 7.11 Å². The van der Waals surface area contributed by atoms with Crippen LogP contribution in [0.3, 0.4) is 0 Å². The number of H-pyrrole nitrogens is 1. The third kappa shape index (κ3) is 4.32. The first-order chi connectivity index (χ1) is 15.5. The van der Waals surface area contributed by atoms with Gasteiger partial charge in [0.2, 0.25) is 0 Å². The largest absolute Gasteiger partial charge is 0.496 e. The van der Waals surface area contributed by atoms with Crippen molar-refractivity contribution in [3.8, 4) is 11.8 Å². The molecule has 3 aromatic rings. The first-order valence-electron chi connectivity index (χ1n) is 10.8. The highest BCUT2D eigenvalue weighted by atomic mass is 19.3. The van der Waals surface area contributed by atoms with E-state index in [1.807, 2.05) is 13.8 Å². The molecule has 1 aromatic heterocycles. The van der Waals surface area contributed by atoms with Crippen molar-refractivity contribution in [2.24, 2.45) is 0 Å². The summed E-state index contributed by atoms with van der Waals surface area (Å²) in [6, 6.07) is 14.0. The van der Waals surface area contributed by atoms with Crippen molar-refractivity contribution in [3.05, 3.63) is 64.8 Å². The highest BCUT2D eigenvalue weighted by Crippen LogP contribution is 2.46. The minimum atomic E-state index is -3.13. The molecule has 2 aromatic carbocycles. The summed E-state index contributed by atoms with van der Waals surface area (Å²) >= 11 is 0. The first-order valence-corrected chi connectivity index (χ1v) is 10.8. The lowest BCUT2D eigenvalue weighted by Crippen LogP contribution is -2.54. The van der Waals surface area contributed by atoms with Gasteiger partial charge in [0.15, 0.2) is 0 Å². The van der Waals surface area contributed by atoms with Crippen LogP contribution >= 0.6 is 0 Å². The Labute approximate surface area is 192 Å². The Hall–Kier alpha value is -2.98. The maximum absolute atomic E-state index is 16.1. The van der Waals surface area contributed by atoms with Gasteiger partial charge in [0.05, 0.1) is 23.7 Å². The number of benzene rings is 2. The quantitative estimate of drug-likeness (QED) is 0.433. The zero-order valence-electron chi connectivity index (χ0n) is 19.4. The van der Waals surface area contributed by atoms with E-state index in [9.17, 15) is 19.1 Å². The van der Waals surface area contributed by atoms with Crippen LogP contribution in [0.15, 0.2) is 42.5 Å². The number of hydrogen-bond donors (Lipinski definition) is 2. The highest BCUT2D eigenvalue weighted by molar-refractivity contribution is 5.87. The standard InChI is InChI=1S/C26H29F3N2O2/c1-15(2)16-10-11-22(33-5)19(12-16)26(4,24(28)29)23(27)25(3,32)13-21-18(14-30)17-8-6-7-9-20(17)31-21/h6-12,15,23-24,31-32H,13H2,1-5H3. The molecular formula is C26H29F3N2O2. The smallest absolute Gasteiger partial charge is 0.250 e. The number of nitriles is 1. The van der Waals surface area contributed by atoms with Gasteiger partial charge in [-0.1, -0.05) is 44.2 Å². The summed E-state index contributed by atoms with van der Waals surface area (Å²) < 4.78 is 50.6. The van der Waals surface area contributed by atoms with Gasteiger partial charge in [-0.2, -0.15) is 5.26 Å². The van der Waals surface area contributed by atoms with Crippen molar-refractivity contribution in [1.82, 2.24) is 4.98 Å². The molecule has 0 aliphatic rings. The molecule has 1 heterocycles. The summed E-state index contributed by atoms with van der Waals surface area (Å²) in [5.41, 5.74) is -2.61. The van der Waals surface area contributed by atoms with E-state index in [0.717, 1.165) is 12.5 Å². The number of hydrogen-bond acceptors (Lipinski definition) is 3. The van der Waals surface area contributed by atoms with Crippen LogP contribution in [0.1, 0.15) is 56.0 Å². The third-order valence-corrected chi connectivity index (χ3v) is 6.43. The second kappa shape index (κ2) is 9.11. The number of aliphatic hydroxyl groups is 1. The van der Waals surface area contributed by atoms with Gasteiger partial charge in [-0.25, -0.2) is 13.2 Å². The van der Waals surface area contributed by atoms with Crippen LogP contribution in [0.4, 0.5) is 13.2 Å². The van der Waals surface area contributed by atoms with Gasteiger partial charge >= 0.3 is 0 Å². The minimum Gasteiger partial charge on any atom is -0.496 e. The summed E-state index contributed by atoms with van der Waals surface area (Å²) in [5, 5.41) is 21.5. The van der Waals surface area contributed by atoms with Crippen LogP contribution < -0.4 is 4.74 Å². The fourth-order valence-electron chi connectivity index (χ4n) is 4.42. The molecule has 2 N–H and O–H groups in total. The van der Waals surface area contributed by atoms with E-state index in [1.54, 1.807) is 36.4 Å². The number of nitrogens with zero attached hydrogens (tertiary/aromatic N) is 1. The summed E-state index contributed by atoms with van der Waals surface area (Å²) in [5.74, 6) is 0.156. The van der Waals surface area contributed by atoms with Gasteiger partial charge in [0.1, 0.15) is 18.0 Å². The maximum atomic E-state index is 16.1. The number of aromatic nitrogens is 1. The van der Waals surface area contributed by atoms with Crippen LogP contribution in [-0.4, -0.2) is 35.4 Å². The zero-order valence-corrected chi connectivity index (χ0v) is 19.4. The Morgan fingerprint density at radius 1 is 1.12 bits per heavy atom. The zero-order chi connectivity index (χ0) is 24.6. The van der Waals surface area contributed by atoms with Gasteiger partial charge in [0.25, 0.3) is 6.43 Å². The molecule has 0 aliphatic heterocycles. The average molecular weight is 459 g/mol. The van der Waals surface area contributed by atoms with Crippen molar-refractivity contribution in [3.63, 3.8) is 0 Å². The van der Waals surface area contributed by atoms with Crippen molar-refractivity contribution >= 4 is 10.9 Å². The SMILES string of the molecule is COc1ccc(C(C)C)cc1C(C)(C(F)F)C(F)C(C)(O)Cc1[nH]c2ccccc2c1C#N. The van der Waals surface area contributed by atoms with E-state index in [2.05, 4.69) is 11.1 Å². The Bertz CT molecular complexity index is 1180. The number of aromatic amines is 1. The number of fused-ring (bicyclic) bond motifs is 1. The maximum Gasteiger partial charge on any atom is 0.250 e. The molecule has 0 radical (unpaired) electrons. The summed E-state index contributed by atoms with van der Waals surface area (Å²) in [6.07, 6.45) is -5.85. The number of para-hydroxylation sites is 1. The Morgan fingerprint density at radius 3 is 2.36 bits per heavy atom. The second-order valence-electron chi connectivity index (χ2n) is 9.23. The van der Waals surface area contributed by atoms with E-state index < -0.39 is 23.6 Å². The molecule has 0 saturated carbocycles.